The first kappa shape index (κ1) is 21.0. The fraction of sp³-hybridized carbons (Fsp3) is 0.208. The van der Waals surface area contributed by atoms with Crippen LogP contribution >= 0.6 is 0 Å². The molecular weight excluding hydrogens is 378 g/mol. The van der Waals surface area contributed by atoms with E-state index in [4.69, 9.17) is 0 Å². The van der Waals surface area contributed by atoms with Gasteiger partial charge in [0.2, 0.25) is 0 Å². The molecule has 0 aliphatic carbocycles. The predicted octanol–water partition coefficient (Wildman–Crippen LogP) is 3.78. The van der Waals surface area contributed by atoms with Crippen LogP contribution < -0.4 is 16.2 Å². The van der Waals surface area contributed by atoms with Gasteiger partial charge >= 0.3 is 0 Å². The summed E-state index contributed by atoms with van der Waals surface area (Å²) in [7, 11) is 0. The largest absolute Gasteiger partial charge is 0.352 e. The van der Waals surface area contributed by atoms with Gasteiger partial charge in [0.15, 0.2) is 0 Å². The summed E-state index contributed by atoms with van der Waals surface area (Å²) in [6.07, 6.45) is 1.61. The second-order valence-electron chi connectivity index (χ2n) is 7.57. The van der Waals surface area contributed by atoms with E-state index in [0.29, 0.717) is 29.4 Å². The van der Waals surface area contributed by atoms with Crippen molar-refractivity contribution in [2.24, 2.45) is 5.92 Å². The summed E-state index contributed by atoms with van der Waals surface area (Å²) in [5.41, 5.74) is 2.51. The van der Waals surface area contributed by atoms with Crippen molar-refractivity contribution in [1.29, 1.82) is 0 Å². The highest BCUT2D eigenvalue weighted by Crippen LogP contribution is 2.14. The Kier molecular flexibility index (Phi) is 6.47. The van der Waals surface area contributed by atoms with Crippen molar-refractivity contribution in [3.8, 4) is 5.69 Å². The molecule has 0 atom stereocenters. The summed E-state index contributed by atoms with van der Waals surface area (Å²) < 4.78 is 1.41. The summed E-state index contributed by atoms with van der Waals surface area (Å²) >= 11 is 0. The number of aromatic nitrogens is 1. The van der Waals surface area contributed by atoms with Gasteiger partial charge < -0.3 is 10.6 Å². The van der Waals surface area contributed by atoms with E-state index in [1.807, 2.05) is 39.0 Å². The third kappa shape index (κ3) is 5.03. The Labute approximate surface area is 175 Å². The molecule has 3 aromatic rings. The maximum Gasteiger partial charge on any atom is 0.267 e. The topological polar surface area (TPSA) is 80.2 Å². The number of amides is 2. The number of carbonyl (C=O) groups is 2. The minimum atomic E-state index is -0.393. The fourth-order valence-electron chi connectivity index (χ4n) is 2.96. The molecule has 2 aromatic carbocycles. The van der Waals surface area contributed by atoms with Crippen LogP contribution in [-0.4, -0.2) is 22.9 Å². The van der Waals surface area contributed by atoms with Crippen LogP contribution in [0.3, 0.4) is 0 Å². The Hall–Kier alpha value is -3.67. The lowest BCUT2D eigenvalue weighted by molar-refractivity contribution is 0.0946. The predicted molar refractivity (Wildman–Crippen MR) is 118 cm³/mol. The molecular formula is C24H25N3O3. The Morgan fingerprint density at radius 1 is 0.967 bits per heavy atom. The van der Waals surface area contributed by atoms with Crippen LogP contribution in [0.2, 0.25) is 0 Å². The van der Waals surface area contributed by atoms with Crippen LogP contribution in [0.5, 0.6) is 0 Å². The number of pyridine rings is 1. The SMILES string of the molecule is Cc1cccc(C(=O)Nc2ccc(-n3cccc(C(=O)NCC(C)C)c3=O)cc2)c1. The lowest BCUT2D eigenvalue weighted by Gasteiger charge is -2.11. The smallest absolute Gasteiger partial charge is 0.267 e. The Morgan fingerprint density at radius 2 is 1.70 bits per heavy atom. The zero-order chi connectivity index (χ0) is 21.7. The number of nitrogens with one attached hydrogen (secondary N) is 2. The number of benzene rings is 2. The van der Waals surface area contributed by atoms with Gasteiger partial charge in [-0.1, -0.05) is 31.5 Å². The molecule has 154 valence electrons. The molecule has 1 aromatic heterocycles. The molecule has 0 bridgehead atoms. The molecule has 0 saturated carbocycles. The Bertz CT molecular complexity index is 1120. The third-order valence-corrected chi connectivity index (χ3v) is 4.55. The number of nitrogens with zero attached hydrogens (tertiary/aromatic N) is 1. The molecule has 0 unspecified atom stereocenters. The van der Waals surface area contributed by atoms with Crippen molar-refractivity contribution in [3.05, 3.63) is 93.9 Å². The molecule has 0 saturated heterocycles. The van der Waals surface area contributed by atoms with Gasteiger partial charge in [0.25, 0.3) is 17.4 Å². The van der Waals surface area contributed by atoms with Crippen molar-refractivity contribution in [1.82, 2.24) is 9.88 Å². The average Bonchev–Trinajstić information content (AvgIpc) is 2.73. The molecule has 1 heterocycles. The first-order valence-electron chi connectivity index (χ1n) is 9.83. The van der Waals surface area contributed by atoms with E-state index in [1.165, 1.54) is 10.6 Å². The summed E-state index contributed by atoms with van der Waals surface area (Å²) in [4.78, 5) is 37.5. The monoisotopic (exact) mass is 403 g/mol. The first-order chi connectivity index (χ1) is 14.3. The standard InChI is InChI=1S/C24H25N3O3/c1-16(2)15-25-23(29)21-8-5-13-27(24(21)30)20-11-9-19(10-12-20)26-22(28)18-7-4-6-17(3)14-18/h4-14,16H,15H2,1-3H3,(H,25,29)(H,26,28). The van der Waals surface area contributed by atoms with E-state index < -0.39 is 5.56 Å². The summed E-state index contributed by atoms with van der Waals surface area (Å²) in [6.45, 7) is 6.41. The highest BCUT2D eigenvalue weighted by atomic mass is 16.2. The maximum absolute atomic E-state index is 12.8. The number of carbonyl (C=O) groups excluding carboxylic acids is 2. The second kappa shape index (κ2) is 9.22. The molecule has 30 heavy (non-hydrogen) atoms. The van der Waals surface area contributed by atoms with Crippen molar-refractivity contribution in [2.45, 2.75) is 20.8 Å². The average molecular weight is 403 g/mol. The zero-order valence-electron chi connectivity index (χ0n) is 17.3. The van der Waals surface area contributed by atoms with Gasteiger partial charge in [-0.2, -0.15) is 0 Å². The second-order valence-corrected chi connectivity index (χ2v) is 7.57. The quantitative estimate of drug-likeness (QED) is 0.657. The minimum Gasteiger partial charge on any atom is -0.352 e. The Morgan fingerprint density at radius 3 is 2.37 bits per heavy atom. The highest BCUT2D eigenvalue weighted by Gasteiger charge is 2.13. The van der Waals surface area contributed by atoms with E-state index in [9.17, 15) is 14.4 Å². The molecule has 2 N–H and O–H groups in total. The van der Waals surface area contributed by atoms with Crippen molar-refractivity contribution in [3.63, 3.8) is 0 Å². The van der Waals surface area contributed by atoms with Crippen molar-refractivity contribution >= 4 is 17.5 Å². The normalized spacial score (nSPS) is 10.7. The maximum atomic E-state index is 12.8. The van der Waals surface area contributed by atoms with Crippen LogP contribution in [0.4, 0.5) is 5.69 Å². The number of rotatable bonds is 6. The molecule has 0 aliphatic rings. The van der Waals surface area contributed by atoms with E-state index in [2.05, 4.69) is 10.6 Å². The molecule has 6 nitrogen and oxygen atoms in total. The van der Waals surface area contributed by atoms with Crippen LogP contribution in [0.25, 0.3) is 5.69 Å². The molecule has 0 aliphatic heterocycles. The number of anilines is 1. The summed E-state index contributed by atoms with van der Waals surface area (Å²) in [5.74, 6) is -0.292. The molecule has 0 radical (unpaired) electrons. The van der Waals surface area contributed by atoms with Gasteiger partial charge in [-0.15, -0.1) is 0 Å². The van der Waals surface area contributed by atoms with Gasteiger partial charge in [0.05, 0.1) is 0 Å². The van der Waals surface area contributed by atoms with Gasteiger partial charge in [0.1, 0.15) is 5.56 Å². The van der Waals surface area contributed by atoms with Gasteiger partial charge in [-0.25, -0.2) is 0 Å². The number of aryl methyl sites for hydroxylation is 1. The van der Waals surface area contributed by atoms with Gasteiger partial charge in [-0.05, 0) is 61.4 Å². The van der Waals surface area contributed by atoms with E-state index >= 15 is 0 Å². The molecule has 0 spiro atoms. The van der Waals surface area contributed by atoms with E-state index in [0.717, 1.165) is 5.56 Å². The van der Waals surface area contributed by atoms with E-state index in [1.54, 1.807) is 42.6 Å². The summed E-state index contributed by atoms with van der Waals surface area (Å²) in [6, 6.07) is 17.4. The molecule has 0 fully saturated rings. The lowest BCUT2D eigenvalue weighted by atomic mass is 10.1. The lowest BCUT2D eigenvalue weighted by Crippen LogP contribution is -2.34. The minimum absolute atomic E-state index is 0.0926. The van der Waals surface area contributed by atoms with Gasteiger partial charge in [0, 0.05) is 29.7 Å². The van der Waals surface area contributed by atoms with Crippen LogP contribution in [-0.2, 0) is 0 Å². The summed E-state index contributed by atoms with van der Waals surface area (Å²) in [5, 5.41) is 5.61. The van der Waals surface area contributed by atoms with Crippen LogP contribution in [0, 0.1) is 12.8 Å². The number of hydrogen-bond donors (Lipinski definition) is 2. The van der Waals surface area contributed by atoms with Crippen molar-refractivity contribution < 1.29 is 9.59 Å². The number of hydrogen-bond acceptors (Lipinski definition) is 3. The fourth-order valence-corrected chi connectivity index (χ4v) is 2.96. The third-order valence-electron chi connectivity index (χ3n) is 4.55. The van der Waals surface area contributed by atoms with E-state index in [-0.39, 0.29) is 17.4 Å². The van der Waals surface area contributed by atoms with Gasteiger partial charge in [-0.3, -0.25) is 19.0 Å². The Balaban J connectivity index is 1.78. The molecule has 6 heteroatoms. The highest BCUT2D eigenvalue weighted by molar-refractivity contribution is 6.04. The zero-order valence-corrected chi connectivity index (χ0v) is 17.3. The van der Waals surface area contributed by atoms with Crippen LogP contribution in [0.15, 0.2) is 71.7 Å². The first-order valence-corrected chi connectivity index (χ1v) is 9.83. The van der Waals surface area contributed by atoms with Crippen molar-refractivity contribution in [2.75, 3.05) is 11.9 Å². The molecule has 3 rings (SSSR count). The van der Waals surface area contributed by atoms with Crippen LogP contribution in [0.1, 0.15) is 40.1 Å². The molecule has 2 amide bonds.